The Labute approximate surface area is 117 Å². The number of thioether (sulfide) groups is 1. The minimum Gasteiger partial charge on any atom is -0.369 e. The molecule has 0 radical (unpaired) electrons. The molecule has 1 aromatic rings. The van der Waals surface area contributed by atoms with E-state index in [4.69, 9.17) is 17.4 Å². The molecule has 0 aliphatic carbocycles. The highest BCUT2D eigenvalue weighted by molar-refractivity contribution is 7.98. The predicted molar refractivity (Wildman–Crippen MR) is 77.1 cm³/mol. The number of nitrogens with one attached hydrogen (secondary N) is 1. The van der Waals surface area contributed by atoms with E-state index in [9.17, 15) is 0 Å². The first-order valence-corrected chi connectivity index (χ1v) is 6.81. The minimum atomic E-state index is 0.164. The van der Waals surface area contributed by atoms with E-state index in [1.54, 1.807) is 18.1 Å². The number of terminal acetylenes is 1. The smallest absolute Gasteiger partial charge is 0.205 e. The lowest BCUT2D eigenvalue weighted by Crippen LogP contribution is -2.35. The highest BCUT2D eigenvalue weighted by Gasteiger charge is 2.07. The normalized spacial score (nSPS) is 10.8. The van der Waals surface area contributed by atoms with E-state index in [0.717, 1.165) is 22.9 Å². The van der Waals surface area contributed by atoms with Crippen LogP contribution in [0.4, 0.5) is 0 Å². The Bertz CT molecular complexity index is 507. The molecule has 7 heteroatoms. The molecule has 100 valence electrons. The second-order valence-electron chi connectivity index (χ2n) is 3.66. The third-order valence-corrected chi connectivity index (χ3v) is 3.31. The molecule has 0 aliphatic heterocycles. The van der Waals surface area contributed by atoms with Crippen molar-refractivity contribution in [2.75, 3.05) is 18.8 Å². The molecule has 0 unspecified atom stereocenters. The van der Waals surface area contributed by atoms with Gasteiger partial charge in [0.25, 0.3) is 0 Å². The average molecular weight is 276 g/mol. The van der Waals surface area contributed by atoms with Gasteiger partial charge in [-0.2, -0.15) is 17.0 Å². The number of hydrogen-bond acceptors (Lipinski definition) is 4. The highest BCUT2D eigenvalue weighted by Crippen LogP contribution is 2.12. The van der Waals surface area contributed by atoms with Gasteiger partial charge >= 0.3 is 0 Å². The molecule has 0 atom stereocenters. The number of nitrogens with zero attached hydrogens (tertiary/aromatic N) is 4. The average Bonchev–Trinajstić information content (AvgIpc) is 2.81. The zero-order valence-corrected chi connectivity index (χ0v) is 11.6. The highest BCUT2D eigenvalue weighted by atomic mass is 32.2. The number of imidazole rings is 1. The maximum absolute atomic E-state index is 8.96. The van der Waals surface area contributed by atoms with Crippen LogP contribution >= 0.6 is 11.8 Å². The summed E-state index contributed by atoms with van der Waals surface area (Å²) in [5, 5.41) is 8.96. The van der Waals surface area contributed by atoms with Gasteiger partial charge in [-0.05, 0) is 6.92 Å². The molecule has 0 aliphatic rings. The lowest BCUT2D eigenvalue weighted by Gasteiger charge is -2.13. The summed E-state index contributed by atoms with van der Waals surface area (Å²) in [7, 11) is 0. The Morgan fingerprint density at radius 3 is 3.11 bits per heavy atom. The van der Waals surface area contributed by atoms with Crippen LogP contribution in [0.15, 0.2) is 11.3 Å². The van der Waals surface area contributed by atoms with Crippen molar-refractivity contribution in [3.8, 4) is 18.5 Å². The van der Waals surface area contributed by atoms with Crippen molar-refractivity contribution in [1.29, 1.82) is 5.26 Å². The van der Waals surface area contributed by atoms with Crippen LogP contribution in [0.3, 0.4) is 0 Å². The van der Waals surface area contributed by atoms with Gasteiger partial charge in [-0.1, -0.05) is 5.92 Å². The number of rotatable bonds is 6. The molecule has 1 aromatic heterocycles. The van der Waals surface area contributed by atoms with Crippen molar-refractivity contribution in [2.24, 2.45) is 10.7 Å². The minimum absolute atomic E-state index is 0.164. The zero-order valence-electron chi connectivity index (χ0n) is 10.8. The lowest BCUT2D eigenvalue weighted by atomic mass is 10.4. The maximum Gasteiger partial charge on any atom is 0.205 e. The van der Waals surface area contributed by atoms with Gasteiger partial charge < -0.3 is 10.7 Å². The quantitative estimate of drug-likeness (QED) is 0.199. The Morgan fingerprint density at radius 2 is 2.53 bits per heavy atom. The van der Waals surface area contributed by atoms with Crippen LogP contribution in [0, 0.1) is 30.7 Å². The molecule has 19 heavy (non-hydrogen) atoms. The molecule has 3 N–H and O–H groups in total. The fraction of sp³-hybridized carbons (Fsp3) is 0.417. The number of nitrogens with two attached hydrogens (primary N) is 1. The molecule has 0 saturated heterocycles. The number of aromatic nitrogens is 2. The summed E-state index contributed by atoms with van der Waals surface area (Å²) in [5.74, 6) is 4.07. The van der Waals surface area contributed by atoms with E-state index >= 15 is 0 Å². The molecule has 1 rings (SSSR count). The van der Waals surface area contributed by atoms with Crippen LogP contribution < -0.4 is 5.73 Å². The molecule has 1 heterocycles. The third kappa shape index (κ3) is 4.94. The van der Waals surface area contributed by atoms with Crippen molar-refractivity contribution in [1.82, 2.24) is 14.9 Å². The summed E-state index contributed by atoms with van der Waals surface area (Å²) in [6.07, 6.45) is 8.75. The maximum atomic E-state index is 8.96. The predicted octanol–water partition coefficient (Wildman–Crippen LogP) is 0.682. The number of aliphatic imine (C=N–C) groups is 1. The second kappa shape index (κ2) is 8.06. The number of H-pyrrole nitrogens is 1. The van der Waals surface area contributed by atoms with E-state index < -0.39 is 0 Å². The fourth-order valence-corrected chi connectivity index (χ4v) is 2.23. The van der Waals surface area contributed by atoms with Crippen molar-refractivity contribution < 1.29 is 0 Å². The van der Waals surface area contributed by atoms with Crippen LogP contribution in [0.25, 0.3) is 0 Å². The molecule has 6 nitrogen and oxygen atoms in total. The molecular formula is C12H16N6S. The lowest BCUT2D eigenvalue weighted by molar-refractivity contribution is 0.605. The Morgan fingerprint density at radius 1 is 1.74 bits per heavy atom. The summed E-state index contributed by atoms with van der Waals surface area (Å²) >= 11 is 1.68. The van der Waals surface area contributed by atoms with Crippen LogP contribution in [0.5, 0.6) is 0 Å². The second-order valence-corrected chi connectivity index (χ2v) is 4.76. The van der Waals surface area contributed by atoms with E-state index in [0.29, 0.717) is 6.54 Å². The Balaban J connectivity index is 2.33. The van der Waals surface area contributed by atoms with E-state index in [2.05, 4.69) is 20.9 Å². The van der Waals surface area contributed by atoms with E-state index in [1.165, 1.54) is 4.90 Å². The van der Waals surface area contributed by atoms with Crippen LogP contribution in [0.1, 0.15) is 11.4 Å². The van der Waals surface area contributed by atoms with Crippen LogP contribution in [-0.4, -0.2) is 39.7 Å². The molecular weight excluding hydrogens is 260 g/mol. The monoisotopic (exact) mass is 276 g/mol. The molecule has 0 fully saturated rings. The molecule has 0 spiro atoms. The van der Waals surface area contributed by atoms with E-state index in [1.807, 2.05) is 13.1 Å². The molecule has 0 saturated carbocycles. The molecule has 0 amide bonds. The summed E-state index contributed by atoms with van der Waals surface area (Å²) in [5.41, 5.74) is 7.75. The summed E-state index contributed by atoms with van der Waals surface area (Å²) in [4.78, 5) is 12.5. The Hall–Kier alpha value is -2.12. The number of guanidine groups is 1. The van der Waals surface area contributed by atoms with Gasteiger partial charge in [0.1, 0.15) is 6.54 Å². The fourth-order valence-electron chi connectivity index (χ4n) is 1.29. The number of hydrogen-bond donors (Lipinski definition) is 2. The van der Waals surface area contributed by atoms with Crippen molar-refractivity contribution in [3.63, 3.8) is 0 Å². The van der Waals surface area contributed by atoms with Gasteiger partial charge in [-0.3, -0.25) is 0 Å². The van der Waals surface area contributed by atoms with Crippen molar-refractivity contribution >= 4 is 17.7 Å². The van der Waals surface area contributed by atoms with Gasteiger partial charge in [0.15, 0.2) is 6.19 Å². The van der Waals surface area contributed by atoms with Gasteiger partial charge in [0, 0.05) is 23.7 Å². The number of aromatic amines is 1. The van der Waals surface area contributed by atoms with Gasteiger partial charge in [-0.25, -0.2) is 14.9 Å². The number of nitriles is 1. The largest absolute Gasteiger partial charge is 0.369 e. The van der Waals surface area contributed by atoms with E-state index in [-0.39, 0.29) is 12.5 Å². The molecule has 0 aromatic carbocycles. The SMILES string of the molecule is C#CCN=C(N)N(C#N)CCSCc1nc[nH]c1C. The van der Waals surface area contributed by atoms with Gasteiger partial charge in [0.05, 0.1) is 12.0 Å². The molecule has 0 bridgehead atoms. The van der Waals surface area contributed by atoms with Gasteiger partial charge in [0.2, 0.25) is 5.96 Å². The summed E-state index contributed by atoms with van der Waals surface area (Å²) in [6.45, 7) is 2.67. The third-order valence-electron chi connectivity index (χ3n) is 2.36. The summed E-state index contributed by atoms with van der Waals surface area (Å²) in [6, 6.07) is 0. The van der Waals surface area contributed by atoms with Crippen molar-refractivity contribution in [2.45, 2.75) is 12.7 Å². The van der Waals surface area contributed by atoms with Crippen molar-refractivity contribution in [3.05, 3.63) is 17.7 Å². The first-order valence-electron chi connectivity index (χ1n) is 5.66. The standard InChI is InChI=1S/C12H16N6S/c1-3-4-15-12(14)18(8-13)5-6-19-7-11-10(2)16-9-17-11/h1,9H,4-7H2,2H3,(H2,14,15)(H,16,17). The zero-order chi connectivity index (χ0) is 14.1. The van der Waals surface area contributed by atoms with Gasteiger partial charge in [-0.15, -0.1) is 6.42 Å². The first kappa shape index (κ1) is 14.9. The Kier molecular flexibility index (Phi) is 6.34. The summed E-state index contributed by atoms with van der Waals surface area (Å²) < 4.78 is 0. The first-order chi connectivity index (χ1) is 9.19. The van der Waals surface area contributed by atoms with Crippen LogP contribution in [-0.2, 0) is 5.75 Å². The number of aryl methyl sites for hydroxylation is 1. The topological polar surface area (TPSA) is 94.1 Å². The van der Waals surface area contributed by atoms with Crippen LogP contribution in [0.2, 0.25) is 0 Å².